The number of methoxy groups -OCH3 is 2. The van der Waals surface area contributed by atoms with E-state index in [-0.39, 0.29) is 5.54 Å². The Bertz CT molecular complexity index is 1240. The predicted molar refractivity (Wildman–Crippen MR) is 135 cm³/mol. The number of piperidine rings is 1. The number of aliphatic hydroxyl groups is 1. The first-order valence-corrected chi connectivity index (χ1v) is 12.4. The van der Waals surface area contributed by atoms with Crippen LogP contribution in [0.1, 0.15) is 43.0 Å². The summed E-state index contributed by atoms with van der Waals surface area (Å²) in [5.41, 5.74) is 6.30. The van der Waals surface area contributed by atoms with Gasteiger partial charge in [0.05, 0.1) is 25.9 Å². The van der Waals surface area contributed by atoms with Crippen LogP contribution in [0.3, 0.4) is 0 Å². The summed E-state index contributed by atoms with van der Waals surface area (Å²) in [5, 5.41) is 12.5. The average Bonchev–Trinajstić information content (AvgIpc) is 3.23. The number of fused-ring (bicyclic) bond motifs is 6. The van der Waals surface area contributed by atoms with Crippen molar-refractivity contribution < 1.29 is 14.6 Å². The number of rotatable bonds is 3. The highest BCUT2D eigenvalue weighted by molar-refractivity contribution is 5.85. The number of aliphatic hydroxyl groups excluding tert-OH is 1. The second-order valence-electron chi connectivity index (χ2n) is 10.5. The normalized spacial score (nSPS) is 30.0. The number of aromatic amines is 1. The standard InChI is InChI=1S/C29H34N2O3/c1-29-16-20-14-27(32)19(10-18-11-22(33-2)15-23(12-18)34-3)13-21(20)17-31(29)9-8-25-24-6-4-5-7-26(24)30-28(25)29/h4-7,10-12,15,20-21,27,30,32H,8-9,13-14,16-17H2,1-3H3/b19-10+. The fraction of sp³-hybridized carbons (Fsp3) is 0.448. The van der Waals surface area contributed by atoms with Gasteiger partial charge in [0.25, 0.3) is 0 Å². The van der Waals surface area contributed by atoms with Crippen LogP contribution in [0, 0.1) is 11.8 Å². The molecule has 4 unspecified atom stereocenters. The molecule has 1 aliphatic carbocycles. The first kappa shape index (κ1) is 21.8. The van der Waals surface area contributed by atoms with Crippen LogP contribution in [0.15, 0.2) is 48.0 Å². The Morgan fingerprint density at radius 3 is 2.62 bits per heavy atom. The molecule has 2 aliphatic heterocycles. The molecule has 0 spiro atoms. The Balaban J connectivity index is 1.29. The van der Waals surface area contributed by atoms with Crippen LogP contribution in [0.5, 0.6) is 11.5 Å². The van der Waals surface area contributed by atoms with Crippen molar-refractivity contribution in [2.24, 2.45) is 11.8 Å². The van der Waals surface area contributed by atoms with Gasteiger partial charge in [-0.15, -0.1) is 0 Å². The van der Waals surface area contributed by atoms with Crippen molar-refractivity contribution in [1.29, 1.82) is 0 Å². The zero-order valence-electron chi connectivity index (χ0n) is 20.3. The highest BCUT2D eigenvalue weighted by Crippen LogP contribution is 2.51. The van der Waals surface area contributed by atoms with Gasteiger partial charge in [0.15, 0.2) is 0 Å². The molecule has 1 saturated carbocycles. The van der Waals surface area contributed by atoms with Crippen molar-refractivity contribution in [2.45, 2.75) is 44.2 Å². The Kier molecular flexibility index (Phi) is 5.23. The van der Waals surface area contributed by atoms with Gasteiger partial charge in [0.2, 0.25) is 0 Å². The Morgan fingerprint density at radius 2 is 1.85 bits per heavy atom. The molecule has 178 valence electrons. The zero-order valence-corrected chi connectivity index (χ0v) is 20.3. The van der Waals surface area contributed by atoms with Crippen LogP contribution in [0.2, 0.25) is 0 Å². The highest BCUT2D eigenvalue weighted by Gasteiger charge is 2.49. The molecular formula is C29H34N2O3. The maximum Gasteiger partial charge on any atom is 0.123 e. The van der Waals surface area contributed by atoms with Gasteiger partial charge < -0.3 is 19.6 Å². The van der Waals surface area contributed by atoms with E-state index in [9.17, 15) is 5.11 Å². The van der Waals surface area contributed by atoms with E-state index in [1.165, 1.54) is 22.2 Å². The minimum absolute atomic E-state index is 0.00880. The highest BCUT2D eigenvalue weighted by atomic mass is 16.5. The second kappa shape index (κ2) is 8.17. The molecule has 2 N–H and O–H groups in total. The molecule has 5 heteroatoms. The fourth-order valence-electron chi connectivity index (χ4n) is 6.87. The van der Waals surface area contributed by atoms with Gasteiger partial charge in [-0.2, -0.15) is 0 Å². The van der Waals surface area contributed by atoms with Gasteiger partial charge in [-0.05, 0) is 79.3 Å². The lowest BCUT2D eigenvalue weighted by Crippen LogP contribution is -2.57. The zero-order chi connectivity index (χ0) is 23.4. The monoisotopic (exact) mass is 458 g/mol. The van der Waals surface area contributed by atoms with Gasteiger partial charge >= 0.3 is 0 Å². The largest absolute Gasteiger partial charge is 0.497 e. The summed E-state index contributed by atoms with van der Waals surface area (Å²) >= 11 is 0. The number of hydrogen-bond acceptors (Lipinski definition) is 4. The van der Waals surface area contributed by atoms with E-state index in [0.717, 1.165) is 61.4 Å². The van der Waals surface area contributed by atoms with Gasteiger partial charge in [0, 0.05) is 35.8 Å². The molecule has 1 saturated heterocycles. The molecule has 6 rings (SSSR count). The molecule has 2 aromatic carbocycles. The van der Waals surface area contributed by atoms with Crippen LogP contribution >= 0.6 is 0 Å². The number of hydrogen-bond donors (Lipinski definition) is 2. The fourth-order valence-corrected chi connectivity index (χ4v) is 6.87. The minimum atomic E-state index is -0.403. The van der Waals surface area contributed by atoms with Crippen molar-refractivity contribution in [3.8, 4) is 11.5 Å². The number of aromatic nitrogens is 1. The molecular weight excluding hydrogens is 424 g/mol. The summed E-state index contributed by atoms with van der Waals surface area (Å²) in [7, 11) is 3.34. The third kappa shape index (κ3) is 3.45. The maximum absolute atomic E-state index is 11.2. The molecule has 5 nitrogen and oxygen atoms in total. The van der Waals surface area contributed by atoms with Crippen molar-refractivity contribution >= 4 is 17.0 Å². The number of para-hydroxylation sites is 1. The Morgan fingerprint density at radius 1 is 1.09 bits per heavy atom. The lowest BCUT2D eigenvalue weighted by Gasteiger charge is -2.55. The van der Waals surface area contributed by atoms with E-state index < -0.39 is 6.10 Å². The van der Waals surface area contributed by atoms with Crippen LogP contribution in [0.4, 0.5) is 0 Å². The molecule has 0 radical (unpaired) electrons. The van der Waals surface area contributed by atoms with E-state index in [1.54, 1.807) is 14.2 Å². The van der Waals surface area contributed by atoms with Crippen molar-refractivity contribution in [3.05, 3.63) is 64.9 Å². The predicted octanol–water partition coefficient (Wildman–Crippen LogP) is 5.13. The molecule has 4 atom stereocenters. The minimum Gasteiger partial charge on any atom is -0.497 e. The van der Waals surface area contributed by atoms with E-state index in [1.807, 2.05) is 18.2 Å². The SMILES string of the molecule is COc1cc(/C=C2\CC3CN4CCc5c([nH]c6ccccc56)C4(C)CC3CC2O)cc(OC)c1. The molecule has 2 fully saturated rings. The molecule has 3 aliphatic rings. The van der Waals surface area contributed by atoms with Gasteiger partial charge in [-0.3, -0.25) is 4.90 Å². The van der Waals surface area contributed by atoms with Gasteiger partial charge in [0.1, 0.15) is 11.5 Å². The van der Waals surface area contributed by atoms with Crippen molar-refractivity contribution in [1.82, 2.24) is 9.88 Å². The summed E-state index contributed by atoms with van der Waals surface area (Å²) in [4.78, 5) is 6.49. The Hall–Kier alpha value is -2.76. The number of benzene rings is 2. The topological polar surface area (TPSA) is 57.7 Å². The molecule has 3 aromatic rings. The summed E-state index contributed by atoms with van der Waals surface area (Å²) < 4.78 is 10.9. The average molecular weight is 459 g/mol. The summed E-state index contributed by atoms with van der Waals surface area (Å²) in [6.45, 7) is 4.60. The van der Waals surface area contributed by atoms with Crippen LogP contribution in [-0.2, 0) is 12.0 Å². The van der Waals surface area contributed by atoms with E-state index in [2.05, 4.69) is 47.1 Å². The summed E-state index contributed by atoms with van der Waals surface area (Å²) in [6.07, 6.45) is 5.70. The molecule has 3 heterocycles. The maximum atomic E-state index is 11.2. The third-order valence-electron chi connectivity index (χ3n) is 8.64. The molecule has 1 aromatic heterocycles. The van der Waals surface area contributed by atoms with E-state index >= 15 is 0 Å². The van der Waals surface area contributed by atoms with Gasteiger partial charge in [-0.1, -0.05) is 24.3 Å². The van der Waals surface area contributed by atoms with Crippen LogP contribution in [0.25, 0.3) is 17.0 Å². The Labute approximate surface area is 201 Å². The van der Waals surface area contributed by atoms with Crippen molar-refractivity contribution in [2.75, 3.05) is 27.3 Å². The quantitative estimate of drug-likeness (QED) is 0.571. The number of H-pyrrole nitrogens is 1. The first-order valence-electron chi connectivity index (χ1n) is 12.4. The van der Waals surface area contributed by atoms with Crippen molar-refractivity contribution in [3.63, 3.8) is 0 Å². The molecule has 0 amide bonds. The summed E-state index contributed by atoms with van der Waals surface area (Å²) in [6, 6.07) is 14.6. The van der Waals surface area contributed by atoms with E-state index in [4.69, 9.17) is 9.47 Å². The lowest BCUT2D eigenvalue weighted by molar-refractivity contribution is -0.0402. The van der Waals surface area contributed by atoms with E-state index in [0.29, 0.717) is 11.8 Å². The van der Waals surface area contributed by atoms with Gasteiger partial charge in [-0.25, -0.2) is 0 Å². The number of nitrogens with zero attached hydrogens (tertiary/aromatic N) is 1. The summed E-state index contributed by atoms with van der Waals surface area (Å²) in [5.74, 6) is 2.63. The number of ether oxygens (including phenoxy) is 2. The lowest BCUT2D eigenvalue weighted by atomic mass is 9.64. The molecule has 0 bridgehead atoms. The van der Waals surface area contributed by atoms with Crippen LogP contribution in [-0.4, -0.2) is 48.4 Å². The van der Waals surface area contributed by atoms with Crippen LogP contribution < -0.4 is 9.47 Å². The number of nitrogens with one attached hydrogen (secondary N) is 1. The smallest absolute Gasteiger partial charge is 0.123 e. The second-order valence-corrected chi connectivity index (χ2v) is 10.5. The first-order chi connectivity index (χ1) is 16.5. The third-order valence-corrected chi connectivity index (χ3v) is 8.64. The molecule has 34 heavy (non-hydrogen) atoms.